The number of fused-ring (bicyclic) bond motifs is 3. The summed E-state index contributed by atoms with van der Waals surface area (Å²) in [6, 6.07) is 7.68. The Kier molecular flexibility index (Phi) is 4.31. The van der Waals surface area contributed by atoms with E-state index in [2.05, 4.69) is 24.6 Å². The number of carbonyl (C=O) groups excluding carboxylic acids is 1. The Morgan fingerprint density at radius 2 is 2.16 bits per heavy atom. The molecule has 2 aliphatic rings. The smallest absolute Gasteiger partial charge is 0.228 e. The fourth-order valence-electron chi connectivity index (χ4n) is 2.65. The second-order valence-electron chi connectivity index (χ2n) is 5.48. The Morgan fingerprint density at radius 3 is 2.96 bits per heavy atom. The summed E-state index contributed by atoms with van der Waals surface area (Å²) in [5, 5.41) is 6.16. The Hall–Kier alpha value is -2.55. The molecule has 1 aromatic carbocycles. The van der Waals surface area contributed by atoms with Gasteiger partial charge in [0.1, 0.15) is 0 Å². The number of allylic oxidation sites excluding steroid dienone is 3. The molecule has 2 N–H and O–H groups in total. The van der Waals surface area contributed by atoms with Gasteiger partial charge in [-0.1, -0.05) is 18.2 Å². The number of hydrogen-bond acceptors (Lipinski definition) is 5. The maximum absolute atomic E-state index is 12.1. The van der Waals surface area contributed by atoms with Crippen molar-refractivity contribution in [3.63, 3.8) is 0 Å². The number of para-hydroxylation sites is 1. The van der Waals surface area contributed by atoms with Crippen LogP contribution in [0.2, 0.25) is 0 Å². The second kappa shape index (κ2) is 6.75. The average Bonchev–Trinajstić information content (AvgIpc) is 2.78. The predicted octanol–water partition coefficient (Wildman–Crippen LogP) is 3.21. The first-order valence-corrected chi connectivity index (χ1v) is 10.00. The van der Waals surface area contributed by atoms with Crippen molar-refractivity contribution in [2.24, 2.45) is 0 Å². The third kappa shape index (κ3) is 3.32. The summed E-state index contributed by atoms with van der Waals surface area (Å²) in [4.78, 5) is 21.1. The molecule has 0 unspecified atom stereocenters. The van der Waals surface area contributed by atoms with Crippen molar-refractivity contribution in [2.75, 3.05) is 17.7 Å². The minimum atomic E-state index is -0.280. The lowest BCUT2D eigenvalue weighted by Gasteiger charge is -2.12. The third-order valence-corrected chi connectivity index (χ3v) is 6.19. The Balaban J connectivity index is 1.70. The largest absolute Gasteiger partial charge is 0.491 e. The number of nitrogens with zero attached hydrogens (tertiary/aromatic N) is 2. The van der Waals surface area contributed by atoms with Crippen molar-refractivity contribution in [2.45, 2.75) is 6.42 Å². The van der Waals surface area contributed by atoms with Crippen LogP contribution in [0.1, 0.15) is 5.56 Å². The number of aromatic nitrogens is 2. The Morgan fingerprint density at radius 1 is 1.28 bits per heavy atom. The molecule has 0 fully saturated rings. The summed E-state index contributed by atoms with van der Waals surface area (Å²) >= 11 is -0.280. The van der Waals surface area contributed by atoms with Crippen LogP contribution in [0, 0.1) is 0 Å². The van der Waals surface area contributed by atoms with Gasteiger partial charge in [0.05, 0.1) is 24.9 Å². The molecule has 25 heavy (non-hydrogen) atoms. The molecule has 0 saturated carbocycles. The van der Waals surface area contributed by atoms with E-state index in [0.29, 0.717) is 5.95 Å². The standard InChI is InChI=1S/C18H15IN4O2/c1-25-15-7-6-12(9-19-15)21-18-20-10-11-8-16(24)22-14-5-3-2-4-13(14)17(11)23-18/h2-7,9-10H,8H2,1H3,(H,22,24)(H,20,21,23). The Bertz CT molecular complexity index is 950. The normalized spacial score (nSPS) is 15.5. The molecule has 7 heteroatoms. The Labute approximate surface area is 154 Å². The second-order valence-corrected chi connectivity index (χ2v) is 7.79. The van der Waals surface area contributed by atoms with Crippen LogP contribution < -0.4 is 10.6 Å². The van der Waals surface area contributed by atoms with Gasteiger partial charge in [-0.3, -0.25) is 4.79 Å². The van der Waals surface area contributed by atoms with E-state index in [4.69, 9.17) is 4.74 Å². The topological polar surface area (TPSA) is 76.1 Å². The number of anilines is 2. The van der Waals surface area contributed by atoms with Crippen LogP contribution in [0.3, 0.4) is 0 Å². The maximum Gasteiger partial charge on any atom is 0.228 e. The lowest BCUT2D eigenvalue weighted by Crippen LogP contribution is -2.13. The fraction of sp³-hybridized carbons (Fsp3) is 0.111. The summed E-state index contributed by atoms with van der Waals surface area (Å²) < 4.78 is 8.41. The molecule has 6 nitrogen and oxygen atoms in total. The van der Waals surface area contributed by atoms with Crippen LogP contribution in [0.15, 0.2) is 52.1 Å². The van der Waals surface area contributed by atoms with E-state index in [0.717, 1.165) is 32.0 Å². The molecule has 1 amide bonds. The molecule has 2 aromatic rings. The predicted molar refractivity (Wildman–Crippen MR) is 107 cm³/mol. The minimum Gasteiger partial charge on any atom is -0.491 e. The van der Waals surface area contributed by atoms with Gasteiger partial charge in [0.15, 0.2) is 3.77 Å². The summed E-state index contributed by atoms with van der Waals surface area (Å²) in [6.45, 7) is 0. The van der Waals surface area contributed by atoms with Gasteiger partial charge >= 0.3 is 0 Å². The molecule has 1 aromatic heterocycles. The first kappa shape index (κ1) is 15.9. The number of benzene rings is 1. The number of rotatable bonds is 3. The maximum atomic E-state index is 12.1. The van der Waals surface area contributed by atoms with Crippen LogP contribution >= 0.6 is 20.7 Å². The number of hydrogen-bond donors (Lipinski definition) is 2. The van der Waals surface area contributed by atoms with Crippen LogP contribution in [0.25, 0.3) is 11.3 Å². The highest BCUT2D eigenvalue weighted by atomic mass is 127. The van der Waals surface area contributed by atoms with E-state index in [9.17, 15) is 4.79 Å². The van der Waals surface area contributed by atoms with Gasteiger partial charge in [-0.25, -0.2) is 9.97 Å². The molecule has 0 aliphatic carbocycles. The highest BCUT2D eigenvalue weighted by Crippen LogP contribution is 2.32. The fourth-order valence-corrected chi connectivity index (χ4v) is 4.29. The average molecular weight is 446 g/mol. The highest BCUT2D eigenvalue weighted by molar-refractivity contribution is 14.2. The molecule has 0 saturated heterocycles. The molecule has 0 atom stereocenters. The molecular formula is C18H15IN4O2. The van der Waals surface area contributed by atoms with Crippen LogP contribution in [-0.4, -0.2) is 27.0 Å². The number of halogens is 1. The number of carbonyl (C=O) groups is 1. The first-order valence-electron chi connectivity index (χ1n) is 7.68. The lowest BCUT2D eigenvalue weighted by atomic mass is 10.1. The first-order chi connectivity index (χ1) is 12.2. The van der Waals surface area contributed by atoms with Crippen LogP contribution in [-0.2, 0) is 16.0 Å². The van der Waals surface area contributed by atoms with E-state index in [1.54, 1.807) is 13.3 Å². The zero-order valence-corrected chi connectivity index (χ0v) is 15.6. The number of ether oxygens (including phenoxy) is 1. The molecule has 3 heterocycles. The van der Waals surface area contributed by atoms with Crippen molar-refractivity contribution in [3.8, 4) is 11.3 Å². The van der Waals surface area contributed by atoms with Gasteiger partial charge in [-0.15, -0.1) is 0 Å². The van der Waals surface area contributed by atoms with Crippen molar-refractivity contribution in [1.29, 1.82) is 0 Å². The third-order valence-electron chi connectivity index (χ3n) is 3.80. The van der Waals surface area contributed by atoms with E-state index in [1.807, 2.05) is 36.4 Å². The van der Waals surface area contributed by atoms with Crippen LogP contribution in [0.5, 0.6) is 0 Å². The van der Waals surface area contributed by atoms with Gasteiger partial charge in [0, 0.05) is 23.0 Å². The van der Waals surface area contributed by atoms with Gasteiger partial charge in [-0.2, -0.15) is 0 Å². The molecule has 2 aliphatic heterocycles. The zero-order chi connectivity index (χ0) is 17.2. The van der Waals surface area contributed by atoms with E-state index in [1.165, 1.54) is 0 Å². The SMILES string of the molecule is COC1=CC=C(Nc2ncc3c(n2)-c2ccccc2NC(=O)C3)C=I1. The highest BCUT2D eigenvalue weighted by Gasteiger charge is 2.20. The van der Waals surface area contributed by atoms with E-state index < -0.39 is 0 Å². The molecular weight excluding hydrogens is 431 g/mol. The van der Waals surface area contributed by atoms with Crippen LogP contribution in [0.4, 0.5) is 11.6 Å². The lowest BCUT2D eigenvalue weighted by molar-refractivity contribution is -0.115. The number of amides is 1. The van der Waals surface area contributed by atoms with Gasteiger partial charge in [0.25, 0.3) is 0 Å². The zero-order valence-electron chi connectivity index (χ0n) is 13.4. The van der Waals surface area contributed by atoms with Crippen molar-refractivity contribution in [3.05, 3.63) is 57.6 Å². The summed E-state index contributed by atoms with van der Waals surface area (Å²) in [5.74, 6) is 0.462. The number of methoxy groups -OCH3 is 1. The monoisotopic (exact) mass is 446 g/mol. The summed E-state index contributed by atoms with van der Waals surface area (Å²) in [5.41, 5.74) is 4.25. The molecule has 0 bridgehead atoms. The molecule has 0 radical (unpaired) electrons. The van der Waals surface area contributed by atoms with Crippen molar-refractivity contribution >= 4 is 42.3 Å². The molecule has 126 valence electrons. The molecule has 0 spiro atoms. The summed E-state index contributed by atoms with van der Waals surface area (Å²) in [6.07, 6.45) is 5.92. The molecule has 4 rings (SSSR count). The van der Waals surface area contributed by atoms with E-state index in [-0.39, 0.29) is 33.1 Å². The van der Waals surface area contributed by atoms with Crippen molar-refractivity contribution < 1.29 is 9.53 Å². The van der Waals surface area contributed by atoms with Gasteiger partial charge in [-0.05, 0) is 43.0 Å². The van der Waals surface area contributed by atoms with Gasteiger partial charge in [0.2, 0.25) is 11.9 Å². The van der Waals surface area contributed by atoms with Gasteiger partial charge < -0.3 is 15.4 Å². The van der Waals surface area contributed by atoms with Crippen molar-refractivity contribution in [1.82, 2.24) is 9.97 Å². The van der Waals surface area contributed by atoms with E-state index >= 15 is 0 Å². The quantitative estimate of drug-likeness (QED) is 0.709. The summed E-state index contributed by atoms with van der Waals surface area (Å²) in [7, 11) is 1.69. The minimum absolute atomic E-state index is 0.0548. The number of nitrogens with one attached hydrogen (secondary N) is 2.